The smallest absolute Gasteiger partial charge is 0.291 e. The van der Waals surface area contributed by atoms with Crippen molar-refractivity contribution in [2.24, 2.45) is 0 Å². The van der Waals surface area contributed by atoms with Crippen molar-refractivity contribution in [2.45, 2.75) is 52.1 Å². The Bertz CT molecular complexity index is 975. The molecule has 25 heavy (non-hydrogen) atoms. The molecular formula is C17H21N5O2S. The van der Waals surface area contributed by atoms with Crippen LogP contribution >= 0.6 is 11.3 Å². The minimum atomic E-state index is -0.610. The summed E-state index contributed by atoms with van der Waals surface area (Å²) < 4.78 is 1.66. The van der Waals surface area contributed by atoms with Crippen LogP contribution < -0.4 is 5.32 Å². The summed E-state index contributed by atoms with van der Waals surface area (Å²) in [5, 5.41) is 17.4. The van der Waals surface area contributed by atoms with Crippen molar-refractivity contribution in [3.63, 3.8) is 0 Å². The van der Waals surface area contributed by atoms with Crippen LogP contribution in [0.5, 0.6) is 0 Å². The average molecular weight is 359 g/mol. The standard InChI is InChI=1S/C17H21N5O2S/c1-8-5-4-6-11-12(8)13-15-20-14(16(24)18-7-9(2)23)21-22(15)10(3)19-17(13)25-11/h8-9,23H,4-7H2,1-3H3,(H,18,24). The Morgan fingerprint density at radius 1 is 1.48 bits per heavy atom. The maximum Gasteiger partial charge on any atom is 0.291 e. The third-order valence-corrected chi connectivity index (χ3v) is 5.86. The Morgan fingerprint density at radius 2 is 2.28 bits per heavy atom. The first-order valence-corrected chi connectivity index (χ1v) is 9.42. The Kier molecular flexibility index (Phi) is 3.96. The molecule has 7 nitrogen and oxygen atoms in total. The van der Waals surface area contributed by atoms with Crippen molar-refractivity contribution in [3.05, 3.63) is 22.1 Å². The molecule has 0 fully saturated rings. The fraction of sp³-hybridized carbons (Fsp3) is 0.529. The van der Waals surface area contributed by atoms with E-state index in [9.17, 15) is 9.90 Å². The number of aliphatic hydroxyl groups excluding tert-OH is 1. The SMILES string of the molecule is Cc1nc2sc3c(c2c2nc(C(=O)NCC(C)O)nn12)C(C)CCC3. The van der Waals surface area contributed by atoms with Gasteiger partial charge < -0.3 is 10.4 Å². The van der Waals surface area contributed by atoms with Crippen LogP contribution in [0.2, 0.25) is 0 Å². The lowest BCUT2D eigenvalue weighted by atomic mass is 9.87. The fourth-order valence-electron chi connectivity index (χ4n) is 3.50. The summed E-state index contributed by atoms with van der Waals surface area (Å²) in [5.41, 5.74) is 2.03. The summed E-state index contributed by atoms with van der Waals surface area (Å²) in [6.45, 7) is 5.91. The van der Waals surface area contributed by atoms with Crippen LogP contribution in [-0.2, 0) is 6.42 Å². The van der Waals surface area contributed by atoms with Gasteiger partial charge in [0.05, 0.1) is 11.5 Å². The average Bonchev–Trinajstić information content (AvgIpc) is 3.14. The van der Waals surface area contributed by atoms with E-state index in [1.807, 2.05) is 6.92 Å². The molecule has 3 heterocycles. The monoisotopic (exact) mass is 359 g/mol. The molecule has 0 bridgehead atoms. The van der Waals surface area contributed by atoms with E-state index in [1.54, 1.807) is 22.8 Å². The minimum absolute atomic E-state index is 0.112. The van der Waals surface area contributed by atoms with E-state index in [-0.39, 0.29) is 18.3 Å². The number of thiophene rings is 1. The minimum Gasteiger partial charge on any atom is -0.392 e. The van der Waals surface area contributed by atoms with Gasteiger partial charge in [-0.25, -0.2) is 9.97 Å². The molecule has 1 amide bonds. The van der Waals surface area contributed by atoms with Crippen molar-refractivity contribution in [3.8, 4) is 0 Å². The molecule has 0 aromatic carbocycles. The Labute approximate surface area is 149 Å². The van der Waals surface area contributed by atoms with E-state index in [0.29, 0.717) is 11.6 Å². The Morgan fingerprint density at radius 3 is 3.04 bits per heavy atom. The number of hydrogen-bond donors (Lipinski definition) is 2. The van der Waals surface area contributed by atoms with Crippen LogP contribution in [-0.4, -0.2) is 43.2 Å². The summed E-state index contributed by atoms with van der Waals surface area (Å²) in [7, 11) is 0. The maximum atomic E-state index is 12.3. The summed E-state index contributed by atoms with van der Waals surface area (Å²) in [6.07, 6.45) is 2.84. The second kappa shape index (κ2) is 6.03. The molecule has 8 heteroatoms. The van der Waals surface area contributed by atoms with Gasteiger partial charge in [-0.1, -0.05) is 6.92 Å². The lowest BCUT2D eigenvalue weighted by Gasteiger charge is -2.18. The van der Waals surface area contributed by atoms with Gasteiger partial charge in [-0.3, -0.25) is 4.79 Å². The number of aliphatic hydroxyl groups is 1. The van der Waals surface area contributed by atoms with E-state index >= 15 is 0 Å². The molecular weight excluding hydrogens is 338 g/mol. The maximum absolute atomic E-state index is 12.3. The van der Waals surface area contributed by atoms with Gasteiger partial charge in [-0.05, 0) is 44.6 Å². The van der Waals surface area contributed by atoms with Crippen LogP contribution in [0.15, 0.2) is 0 Å². The first-order valence-electron chi connectivity index (χ1n) is 8.60. The van der Waals surface area contributed by atoms with Crippen molar-refractivity contribution in [1.29, 1.82) is 0 Å². The number of nitrogens with zero attached hydrogens (tertiary/aromatic N) is 4. The zero-order valence-corrected chi connectivity index (χ0v) is 15.4. The van der Waals surface area contributed by atoms with Gasteiger partial charge in [0.15, 0.2) is 5.65 Å². The van der Waals surface area contributed by atoms with Crippen LogP contribution in [0, 0.1) is 6.92 Å². The molecule has 0 spiro atoms. The molecule has 0 saturated heterocycles. The number of aryl methyl sites for hydroxylation is 2. The molecule has 0 aliphatic heterocycles. The van der Waals surface area contributed by atoms with Crippen molar-refractivity contribution in [2.75, 3.05) is 6.54 Å². The highest BCUT2D eigenvalue weighted by molar-refractivity contribution is 7.19. The highest BCUT2D eigenvalue weighted by atomic mass is 32.1. The second-order valence-corrected chi connectivity index (χ2v) is 7.88. The van der Waals surface area contributed by atoms with E-state index in [2.05, 4.69) is 22.3 Å². The zero-order chi connectivity index (χ0) is 17.7. The number of carbonyl (C=O) groups is 1. The highest BCUT2D eigenvalue weighted by Crippen LogP contribution is 2.42. The van der Waals surface area contributed by atoms with Gasteiger partial charge in [0.2, 0.25) is 5.82 Å². The third-order valence-electron chi connectivity index (χ3n) is 4.70. The van der Waals surface area contributed by atoms with Gasteiger partial charge in [0, 0.05) is 11.4 Å². The molecule has 3 aromatic heterocycles. The molecule has 4 rings (SSSR count). The lowest BCUT2D eigenvalue weighted by Crippen LogP contribution is -2.31. The van der Waals surface area contributed by atoms with Crippen LogP contribution in [0.25, 0.3) is 15.9 Å². The number of aromatic nitrogens is 4. The van der Waals surface area contributed by atoms with Gasteiger partial charge in [-0.15, -0.1) is 16.4 Å². The number of nitrogens with one attached hydrogen (secondary N) is 1. The summed E-state index contributed by atoms with van der Waals surface area (Å²) in [5.74, 6) is 0.918. The first-order chi connectivity index (χ1) is 12.0. The summed E-state index contributed by atoms with van der Waals surface area (Å²) >= 11 is 1.74. The number of fused-ring (bicyclic) bond motifs is 5. The molecule has 1 aliphatic rings. The van der Waals surface area contributed by atoms with Crippen molar-refractivity contribution < 1.29 is 9.90 Å². The van der Waals surface area contributed by atoms with E-state index in [1.165, 1.54) is 16.9 Å². The van der Waals surface area contributed by atoms with Gasteiger partial charge >= 0.3 is 0 Å². The Hall–Kier alpha value is -2.06. The topological polar surface area (TPSA) is 92.4 Å². The molecule has 0 radical (unpaired) electrons. The molecule has 132 valence electrons. The molecule has 2 N–H and O–H groups in total. The predicted octanol–water partition coefficient (Wildman–Crippen LogP) is 2.20. The quantitative estimate of drug-likeness (QED) is 0.748. The molecule has 2 atom stereocenters. The summed E-state index contributed by atoms with van der Waals surface area (Å²) in [6, 6.07) is 0. The van der Waals surface area contributed by atoms with Gasteiger partial charge in [-0.2, -0.15) is 4.52 Å². The van der Waals surface area contributed by atoms with Crippen LogP contribution in [0.3, 0.4) is 0 Å². The first kappa shape index (κ1) is 16.4. The molecule has 3 aromatic rings. The highest BCUT2D eigenvalue weighted by Gasteiger charge is 2.26. The molecule has 0 saturated carbocycles. The van der Waals surface area contributed by atoms with Crippen molar-refractivity contribution in [1.82, 2.24) is 24.9 Å². The van der Waals surface area contributed by atoms with E-state index in [4.69, 9.17) is 4.98 Å². The van der Waals surface area contributed by atoms with E-state index < -0.39 is 6.10 Å². The Balaban J connectivity index is 1.88. The zero-order valence-electron chi connectivity index (χ0n) is 14.5. The largest absolute Gasteiger partial charge is 0.392 e. The van der Waals surface area contributed by atoms with E-state index in [0.717, 1.165) is 28.9 Å². The number of rotatable bonds is 3. The third kappa shape index (κ3) is 2.69. The number of hydrogen-bond acceptors (Lipinski definition) is 6. The van der Waals surface area contributed by atoms with Gasteiger partial charge in [0.1, 0.15) is 10.7 Å². The number of carbonyl (C=O) groups excluding carboxylic acids is 1. The lowest BCUT2D eigenvalue weighted by molar-refractivity contribution is 0.0914. The normalized spacial score (nSPS) is 18.5. The fourth-order valence-corrected chi connectivity index (χ4v) is 4.88. The number of amides is 1. The molecule has 2 unspecified atom stereocenters. The molecule has 1 aliphatic carbocycles. The summed E-state index contributed by atoms with van der Waals surface area (Å²) in [4.78, 5) is 23.9. The van der Waals surface area contributed by atoms with Crippen molar-refractivity contribution >= 4 is 33.1 Å². The van der Waals surface area contributed by atoms with Crippen LogP contribution in [0.4, 0.5) is 0 Å². The van der Waals surface area contributed by atoms with Crippen LogP contribution in [0.1, 0.15) is 59.5 Å². The predicted molar refractivity (Wildman–Crippen MR) is 96.3 cm³/mol. The second-order valence-electron chi connectivity index (χ2n) is 6.80. The van der Waals surface area contributed by atoms with Gasteiger partial charge in [0.25, 0.3) is 5.91 Å².